The number of para-hydroxylation sites is 2. The van der Waals surface area contributed by atoms with Crippen LogP contribution in [0.1, 0.15) is 6.92 Å². The van der Waals surface area contributed by atoms with Gasteiger partial charge in [-0.3, -0.25) is 5.01 Å². The average Bonchev–Trinajstić information content (AvgIpc) is 2.86. The lowest BCUT2D eigenvalue weighted by Crippen LogP contribution is -2.38. The number of anilines is 2. The second kappa shape index (κ2) is 5.77. The highest BCUT2D eigenvalue weighted by atomic mass is 32.2. The van der Waals surface area contributed by atoms with Gasteiger partial charge >= 0.3 is 0 Å². The summed E-state index contributed by atoms with van der Waals surface area (Å²) in [6.07, 6.45) is 2.40. The fraction of sp³-hybridized carbons (Fsp3) is 0.250. The third-order valence-electron chi connectivity index (χ3n) is 3.59. The number of benzene rings is 2. The van der Waals surface area contributed by atoms with Crippen molar-refractivity contribution in [3.05, 3.63) is 60.7 Å². The van der Waals surface area contributed by atoms with E-state index >= 15 is 0 Å². The Morgan fingerprint density at radius 2 is 1.45 bits per heavy atom. The van der Waals surface area contributed by atoms with Gasteiger partial charge in [0.05, 0.1) is 5.69 Å². The van der Waals surface area contributed by atoms with Gasteiger partial charge in [-0.1, -0.05) is 36.4 Å². The second-order valence-electron chi connectivity index (χ2n) is 4.80. The van der Waals surface area contributed by atoms with E-state index in [4.69, 9.17) is 0 Å². The van der Waals surface area contributed by atoms with Crippen LogP contribution in [0.15, 0.2) is 60.7 Å². The molecule has 0 radical (unpaired) electrons. The van der Waals surface area contributed by atoms with Gasteiger partial charge in [0.25, 0.3) is 0 Å². The molecule has 2 atom stereocenters. The van der Waals surface area contributed by atoms with E-state index in [-0.39, 0.29) is 11.7 Å². The number of hydrogen-bond donors (Lipinski definition) is 1. The van der Waals surface area contributed by atoms with Crippen molar-refractivity contribution in [1.29, 1.82) is 0 Å². The van der Waals surface area contributed by atoms with Gasteiger partial charge in [-0.15, -0.1) is 11.8 Å². The van der Waals surface area contributed by atoms with E-state index < -0.39 is 0 Å². The van der Waals surface area contributed by atoms with Crippen LogP contribution in [-0.4, -0.2) is 17.9 Å². The lowest BCUT2D eigenvalue weighted by atomic mass is 10.2. The SMILES string of the molecule is CS[C@@H]1NN(c2ccccc2)[C@H](C)N1c1ccccc1. The van der Waals surface area contributed by atoms with Crippen LogP contribution in [0.4, 0.5) is 11.4 Å². The highest BCUT2D eigenvalue weighted by Gasteiger charge is 2.36. The van der Waals surface area contributed by atoms with Crippen molar-refractivity contribution in [2.45, 2.75) is 18.6 Å². The largest absolute Gasteiger partial charge is 0.324 e. The summed E-state index contributed by atoms with van der Waals surface area (Å²) in [7, 11) is 0. The molecule has 1 N–H and O–H groups in total. The van der Waals surface area contributed by atoms with Gasteiger partial charge in [0.15, 0.2) is 0 Å². The van der Waals surface area contributed by atoms with Gasteiger partial charge in [-0.2, -0.15) is 0 Å². The number of rotatable bonds is 3. The van der Waals surface area contributed by atoms with Crippen molar-refractivity contribution in [1.82, 2.24) is 5.43 Å². The molecule has 1 heterocycles. The van der Waals surface area contributed by atoms with Crippen molar-refractivity contribution in [3.8, 4) is 0 Å². The van der Waals surface area contributed by atoms with Crippen molar-refractivity contribution in [2.24, 2.45) is 0 Å². The van der Waals surface area contributed by atoms with Crippen LogP contribution in [0.25, 0.3) is 0 Å². The van der Waals surface area contributed by atoms with Crippen LogP contribution >= 0.6 is 11.8 Å². The van der Waals surface area contributed by atoms with E-state index in [2.05, 4.69) is 83.1 Å². The standard InChI is InChI=1S/C16H19N3S/c1-13-18(14-9-5-3-6-10-14)16(20-2)17-19(13)15-11-7-4-8-12-15/h3-13,16-17H,1-2H3/t13-,16-/m1/s1. The fourth-order valence-corrected chi connectivity index (χ4v) is 3.35. The molecule has 0 aliphatic carbocycles. The number of thioether (sulfide) groups is 1. The fourth-order valence-electron chi connectivity index (χ4n) is 2.61. The van der Waals surface area contributed by atoms with Crippen LogP contribution in [0, 0.1) is 0 Å². The maximum absolute atomic E-state index is 3.58. The van der Waals surface area contributed by atoms with E-state index in [9.17, 15) is 0 Å². The zero-order valence-corrected chi connectivity index (χ0v) is 12.5. The van der Waals surface area contributed by atoms with E-state index in [0.717, 1.165) is 0 Å². The summed E-state index contributed by atoms with van der Waals surface area (Å²) in [4.78, 5) is 2.40. The molecule has 104 valence electrons. The number of hydrogen-bond acceptors (Lipinski definition) is 4. The minimum absolute atomic E-state index is 0.243. The Hall–Kier alpha value is -1.65. The van der Waals surface area contributed by atoms with Gasteiger partial charge in [-0.25, -0.2) is 5.43 Å². The van der Waals surface area contributed by atoms with Crippen molar-refractivity contribution >= 4 is 23.1 Å². The third-order valence-corrected chi connectivity index (χ3v) is 4.37. The Labute approximate surface area is 124 Å². The molecular formula is C16H19N3S. The van der Waals surface area contributed by atoms with Crippen LogP contribution in [0.2, 0.25) is 0 Å². The zero-order chi connectivity index (χ0) is 13.9. The smallest absolute Gasteiger partial charge is 0.146 e. The Balaban J connectivity index is 1.92. The molecule has 1 aliphatic heterocycles. The molecule has 3 rings (SSSR count). The summed E-state index contributed by atoms with van der Waals surface area (Å²) in [5.41, 5.74) is 6.25. The normalized spacial score (nSPS) is 22.3. The second-order valence-corrected chi connectivity index (χ2v) is 5.72. The van der Waals surface area contributed by atoms with Crippen LogP contribution < -0.4 is 15.3 Å². The van der Waals surface area contributed by atoms with Gasteiger partial charge in [-0.05, 0) is 37.4 Å². The monoisotopic (exact) mass is 285 g/mol. The molecule has 1 aliphatic rings. The van der Waals surface area contributed by atoms with Crippen LogP contribution in [-0.2, 0) is 0 Å². The maximum Gasteiger partial charge on any atom is 0.146 e. The summed E-state index contributed by atoms with van der Waals surface area (Å²) < 4.78 is 0. The molecule has 0 bridgehead atoms. The number of nitrogens with zero attached hydrogens (tertiary/aromatic N) is 2. The molecule has 20 heavy (non-hydrogen) atoms. The molecule has 4 heteroatoms. The predicted octanol–water partition coefficient (Wildman–Crippen LogP) is 3.51. The summed E-state index contributed by atoms with van der Waals surface area (Å²) in [5, 5.41) is 2.23. The summed E-state index contributed by atoms with van der Waals surface area (Å²) in [6.45, 7) is 2.23. The zero-order valence-electron chi connectivity index (χ0n) is 11.7. The van der Waals surface area contributed by atoms with Gasteiger partial charge in [0.1, 0.15) is 11.7 Å². The van der Waals surface area contributed by atoms with E-state index in [1.165, 1.54) is 11.4 Å². The molecule has 2 aromatic carbocycles. The van der Waals surface area contributed by atoms with Crippen LogP contribution in [0.3, 0.4) is 0 Å². The molecule has 2 aromatic rings. The number of nitrogens with one attached hydrogen (secondary N) is 1. The topological polar surface area (TPSA) is 18.5 Å². The summed E-state index contributed by atoms with van der Waals surface area (Å²) in [6, 6.07) is 21.0. The minimum atomic E-state index is 0.243. The van der Waals surface area contributed by atoms with Gasteiger partial charge in [0, 0.05) is 5.69 Å². The molecule has 0 aromatic heterocycles. The predicted molar refractivity (Wildman–Crippen MR) is 87.7 cm³/mol. The molecule has 1 fully saturated rings. The first kappa shape index (κ1) is 13.3. The van der Waals surface area contributed by atoms with Gasteiger partial charge < -0.3 is 4.90 Å². The summed E-state index contributed by atoms with van der Waals surface area (Å²) in [5.74, 6) is 0. The third kappa shape index (κ3) is 2.37. The quantitative estimate of drug-likeness (QED) is 0.930. The van der Waals surface area contributed by atoms with E-state index in [1.54, 1.807) is 0 Å². The lowest BCUT2D eigenvalue weighted by molar-refractivity contribution is 0.692. The molecule has 3 nitrogen and oxygen atoms in total. The first-order valence-corrected chi connectivity index (χ1v) is 8.06. The highest BCUT2D eigenvalue weighted by molar-refractivity contribution is 7.99. The number of hydrazine groups is 1. The average molecular weight is 285 g/mol. The molecule has 0 saturated carbocycles. The minimum Gasteiger partial charge on any atom is -0.324 e. The Morgan fingerprint density at radius 3 is 2.00 bits per heavy atom. The first-order valence-electron chi connectivity index (χ1n) is 6.78. The molecule has 0 spiro atoms. The van der Waals surface area contributed by atoms with Gasteiger partial charge in [0.2, 0.25) is 0 Å². The Bertz CT molecular complexity index is 546. The first-order chi connectivity index (χ1) is 9.81. The van der Waals surface area contributed by atoms with Crippen molar-refractivity contribution in [3.63, 3.8) is 0 Å². The van der Waals surface area contributed by atoms with E-state index in [1.807, 2.05) is 17.8 Å². The molecule has 1 saturated heterocycles. The van der Waals surface area contributed by atoms with E-state index in [0.29, 0.717) is 0 Å². The van der Waals surface area contributed by atoms with Crippen molar-refractivity contribution in [2.75, 3.05) is 16.2 Å². The summed E-state index contributed by atoms with van der Waals surface area (Å²) >= 11 is 1.81. The molecular weight excluding hydrogens is 266 g/mol. The molecule has 0 amide bonds. The highest BCUT2D eigenvalue weighted by Crippen LogP contribution is 2.31. The Kier molecular flexibility index (Phi) is 3.85. The van der Waals surface area contributed by atoms with Crippen molar-refractivity contribution < 1.29 is 0 Å². The van der Waals surface area contributed by atoms with Crippen LogP contribution in [0.5, 0.6) is 0 Å². The molecule has 0 unspecified atom stereocenters. The maximum atomic E-state index is 3.58. The Morgan fingerprint density at radius 1 is 0.900 bits per heavy atom. The lowest BCUT2D eigenvalue weighted by Gasteiger charge is -2.29.